The van der Waals surface area contributed by atoms with Gasteiger partial charge in [0.05, 0.1) is 12.1 Å². The van der Waals surface area contributed by atoms with E-state index in [4.69, 9.17) is 0 Å². The maximum Gasteiger partial charge on any atom is 0.227 e. The average Bonchev–Trinajstić information content (AvgIpc) is 3.25. The minimum absolute atomic E-state index is 0.176. The number of benzene rings is 1. The number of carbonyl (C=O) groups excluding carboxylic acids is 1. The molecular formula is C23H27N5O. The summed E-state index contributed by atoms with van der Waals surface area (Å²) in [4.78, 5) is 28.7. The molecule has 1 atom stereocenters. The van der Waals surface area contributed by atoms with Crippen molar-refractivity contribution in [3.05, 3.63) is 72.2 Å². The van der Waals surface area contributed by atoms with Gasteiger partial charge < -0.3 is 4.90 Å². The molecule has 1 unspecified atom stereocenters. The molecule has 0 N–H and O–H groups in total. The summed E-state index contributed by atoms with van der Waals surface area (Å²) < 4.78 is 2.04. The van der Waals surface area contributed by atoms with Crippen molar-refractivity contribution in [1.82, 2.24) is 24.4 Å². The van der Waals surface area contributed by atoms with Crippen molar-refractivity contribution >= 4 is 5.91 Å². The Morgan fingerprint density at radius 2 is 1.90 bits per heavy atom. The maximum atomic E-state index is 12.9. The lowest BCUT2D eigenvalue weighted by molar-refractivity contribution is -0.131. The predicted molar refractivity (Wildman–Crippen MR) is 112 cm³/mol. The van der Waals surface area contributed by atoms with E-state index in [0.29, 0.717) is 13.0 Å². The summed E-state index contributed by atoms with van der Waals surface area (Å²) in [7, 11) is 0. The second-order valence-electron chi connectivity index (χ2n) is 7.92. The number of carbonyl (C=O) groups is 1. The molecule has 29 heavy (non-hydrogen) atoms. The summed E-state index contributed by atoms with van der Waals surface area (Å²) in [5, 5.41) is 0. The third-order valence-electron chi connectivity index (χ3n) is 5.48. The van der Waals surface area contributed by atoms with Crippen LogP contribution in [0.2, 0.25) is 0 Å². The SMILES string of the molecule is CC(C)c1nccn1-c1nccnc1C1CCCN(C(=O)Cc2ccccc2)C1. The van der Waals surface area contributed by atoms with Crippen LogP contribution < -0.4 is 0 Å². The van der Waals surface area contributed by atoms with E-state index in [1.165, 1.54) is 0 Å². The molecule has 150 valence electrons. The Morgan fingerprint density at radius 3 is 2.69 bits per heavy atom. The number of hydrogen-bond acceptors (Lipinski definition) is 4. The van der Waals surface area contributed by atoms with Crippen LogP contribution in [-0.2, 0) is 11.2 Å². The van der Waals surface area contributed by atoms with Crippen LogP contribution in [0.4, 0.5) is 0 Å². The Kier molecular flexibility index (Phi) is 5.69. The van der Waals surface area contributed by atoms with Gasteiger partial charge in [-0.05, 0) is 18.4 Å². The topological polar surface area (TPSA) is 63.9 Å². The van der Waals surface area contributed by atoms with E-state index in [-0.39, 0.29) is 17.7 Å². The summed E-state index contributed by atoms with van der Waals surface area (Å²) in [6.07, 6.45) is 9.66. The van der Waals surface area contributed by atoms with Crippen LogP contribution in [0.15, 0.2) is 55.1 Å². The predicted octanol–water partition coefficient (Wildman–Crippen LogP) is 3.73. The summed E-state index contributed by atoms with van der Waals surface area (Å²) in [5.74, 6) is 2.44. The summed E-state index contributed by atoms with van der Waals surface area (Å²) in [5.41, 5.74) is 2.00. The number of amides is 1. The van der Waals surface area contributed by atoms with Crippen LogP contribution in [0.3, 0.4) is 0 Å². The molecule has 0 radical (unpaired) electrons. The number of likely N-dealkylation sites (tertiary alicyclic amines) is 1. The van der Waals surface area contributed by atoms with Crippen molar-refractivity contribution in [2.45, 2.75) is 44.9 Å². The van der Waals surface area contributed by atoms with Crippen molar-refractivity contribution in [2.24, 2.45) is 0 Å². The molecule has 1 amide bonds. The lowest BCUT2D eigenvalue weighted by atomic mass is 9.93. The quantitative estimate of drug-likeness (QED) is 0.667. The molecule has 1 aliphatic rings. The van der Waals surface area contributed by atoms with Crippen LogP contribution in [0, 0.1) is 0 Å². The molecule has 6 heteroatoms. The van der Waals surface area contributed by atoms with Crippen LogP contribution in [0.5, 0.6) is 0 Å². The summed E-state index contributed by atoms with van der Waals surface area (Å²) in [6.45, 7) is 5.74. The fourth-order valence-corrected chi connectivity index (χ4v) is 4.05. The zero-order valence-corrected chi connectivity index (χ0v) is 17.0. The molecule has 1 aromatic carbocycles. The number of piperidine rings is 1. The molecule has 3 heterocycles. The van der Waals surface area contributed by atoms with Crippen LogP contribution >= 0.6 is 0 Å². The van der Waals surface area contributed by atoms with Gasteiger partial charge in [-0.25, -0.2) is 9.97 Å². The molecule has 0 spiro atoms. The molecule has 1 aliphatic heterocycles. The number of hydrogen-bond donors (Lipinski definition) is 0. The first kappa shape index (κ1) is 19.3. The van der Waals surface area contributed by atoms with E-state index in [9.17, 15) is 4.79 Å². The van der Waals surface area contributed by atoms with Gasteiger partial charge in [-0.1, -0.05) is 44.2 Å². The Bertz CT molecular complexity index is 966. The Morgan fingerprint density at radius 1 is 1.10 bits per heavy atom. The molecule has 4 rings (SSSR count). The standard InChI is InChI=1S/C23H27N5O/c1-17(2)22-26-12-14-28(22)23-21(24-10-11-25-23)19-9-6-13-27(16-19)20(29)15-18-7-4-3-5-8-18/h3-5,7-8,10-12,14,17,19H,6,9,13,15-16H2,1-2H3. The van der Waals surface area contributed by atoms with Gasteiger partial charge in [-0.2, -0.15) is 0 Å². The van der Waals surface area contributed by atoms with Gasteiger partial charge in [0.2, 0.25) is 5.91 Å². The summed E-state index contributed by atoms with van der Waals surface area (Å²) in [6, 6.07) is 9.94. The first-order valence-electron chi connectivity index (χ1n) is 10.3. The van der Waals surface area contributed by atoms with Gasteiger partial charge >= 0.3 is 0 Å². The van der Waals surface area contributed by atoms with E-state index in [0.717, 1.165) is 42.3 Å². The van der Waals surface area contributed by atoms with E-state index in [2.05, 4.69) is 28.8 Å². The highest BCUT2D eigenvalue weighted by atomic mass is 16.2. The first-order chi connectivity index (χ1) is 14.1. The van der Waals surface area contributed by atoms with Crippen molar-refractivity contribution in [1.29, 1.82) is 0 Å². The van der Waals surface area contributed by atoms with Gasteiger partial charge in [0.25, 0.3) is 0 Å². The van der Waals surface area contributed by atoms with Gasteiger partial charge in [-0.15, -0.1) is 0 Å². The number of aromatic nitrogens is 4. The molecule has 0 saturated carbocycles. The molecule has 6 nitrogen and oxygen atoms in total. The van der Waals surface area contributed by atoms with Gasteiger partial charge in [0, 0.05) is 49.7 Å². The molecule has 0 bridgehead atoms. The zero-order valence-electron chi connectivity index (χ0n) is 17.0. The normalized spacial score (nSPS) is 16.9. The minimum atomic E-state index is 0.176. The van der Waals surface area contributed by atoms with Crippen LogP contribution in [0.25, 0.3) is 5.82 Å². The molecule has 2 aromatic heterocycles. The molecular weight excluding hydrogens is 362 g/mol. The van der Waals surface area contributed by atoms with Gasteiger partial charge in [0.1, 0.15) is 5.82 Å². The average molecular weight is 390 g/mol. The number of nitrogens with zero attached hydrogens (tertiary/aromatic N) is 5. The van der Waals surface area contributed by atoms with E-state index in [1.807, 2.05) is 52.2 Å². The summed E-state index contributed by atoms with van der Waals surface area (Å²) >= 11 is 0. The molecule has 1 fully saturated rings. The Balaban J connectivity index is 1.56. The third kappa shape index (κ3) is 4.21. The van der Waals surface area contributed by atoms with Crippen molar-refractivity contribution in [3.63, 3.8) is 0 Å². The van der Waals surface area contributed by atoms with Crippen LogP contribution in [0.1, 0.15) is 55.6 Å². The highest BCUT2D eigenvalue weighted by Gasteiger charge is 2.28. The number of rotatable bonds is 5. The zero-order chi connectivity index (χ0) is 20.2. The number of imidazole rings is 1. The maximum absolute atomic E-state index is 12.9. The third-order valence-corrected chi connectivity index (χ3v) is 5.48. The lowest BCUT2D eigenvalue weighted by Gasteiger charge is -2.33. The van der Waals surface area contributed by atoms with E-state index < -0.39 is 0 Å². The Labute approximate surface area is 171 Å². The van der Waals surface area contributed by atoms with E-state index in [1.54, 1.807) is 12.4 Å². The van der Waals surface area contributed by atoms with Crippen molar-refractivity contribution < 1.29 is 4.79 Å². The van der Waals surface area contributed by atoms with Crippen molar-refractivity contribution in [2.75, 3.05) is 13.1 Å². The fraction of sp³-hybridized carbons (Fsp3) is 0.391. The second-order valence-corrected chi connectivity index (χ2v) is 7.92. The highest BCUT2D eigenvalue weighted by Crippen LogP contribution is 2.30. The largest absolute Gasteiger partial charge is 0.342 e. The first-order valence-corrected chi connectivity index (χ1v) is 10.3. The molecule has 1 saturated heterocycles. The smallest absolute Gasteiger partial charge is 0.227 e. The fourth-order valence-electron chi connectivity index (χ4n) is 4.05. The van der Waals surface area contributed by atoms with Crippen molar-refractivity contribution in [3.8, 4) is 5.82 Å². The molecule has 0 aliphatic carbocycles. The minimum Gasteiger partial charge on any atom is -0.342 e. The van der Waals surface area contributed by atoms with Crippen LogP contribution in [-0.4, -0.2) is 43.4 Å². The monoisotopic (exact) mass is 389 g/mol. The molecule has 3 aromatic rings. The Hall–Kier alpha value is -3.02. The second kappa shape index (κ2) is 8.55. The van der Waals surface area contributed by atoms with Gasteiger partial charge in [0.15, 0.2) is 5.82 Å². The highest BCUT2D eigenvalue weighted by molar-refractivity contribution is 5.79. The van der Waals surface area contributed by atoms with Gasteiger partial charge in [-0.3, -0.25) is 14.3 Å². The van der Waals surface area contributed by atoms with E-state index >= 15 is 0 Å². The lowest BCUT2D eigenvalue weighted by Crippen LogP contribution is -2.40.